The largest absolute Gasteiger partial charge is 0.381 e. The second-order valence-corrected chi connectivity index (χ2v) is 7.38. The van der Waals surface area contributed by atoms with Gasteiger partial charge in [0.25, 0.3) is 0 Å². The number of imidazole rings is 1. The molecule has 0 fully saturated rings. The third-order valence-corrected chi connectivity index (χ3v) is 5.05. The van der Waals surface area contributed by atoms with Gasteiger partial charge in [-0.1, -0.05) is 6.07 Å². The normalized spacial score (nSPS) is 10.9. The number of carbonyl (C=O) groups excluding carboxylic acids is 1. The summed E-state index contributed by atoms with van der Waals surface area (Å²) in [6.07, 6.45) is 1.30. The molecule has 4 N–H and O–H groups in total. The van der Waals surface area contributed by atoms with Gasteiger partial charge in [-0.05, 0) is 28.1 Å². The molecule has 0 unspecified atom stereocenters. The van der Waals surface area contributed by atoms with Gasteiger partial charge in [0.2, 0.25) is 21.8 Å². The highest BCUT2D eigenvalue weighted by Gasteiger charge is 2.16. The van der Waals surface area contributed by atoms with E-state index in [0.29, 0.717) is 11.5 Å². The Morgan fingerprint density at radius 2 is 2.11 bits per heavy atom. The average Bonchev–Trinajstić information content (AvgIpc) is 3.00. The number of hydrogen-bond donors (Lipinski definition) is 3. The molecule has 0 spiro atoms. The van der Waals surface area contributed by atoms with Crippen LogP contribution in [0.1, 0.15) is 12.2 Å². The van der Waals surface area contributed by atoms with Gasteiger partial charge in [0.1, 0.15) is 6.20 Å². The van der Waals surface area contributed by atoms with Crippen LogP contribution in [0.4, 0.5) is 11.5 Å². The first-order valence-corrected chi connectivity index (χ1v) is 9.49. The van der Waals surface area contributed by atoms with Crippen molar-refractivity contribution in [2.45, 2.75) is 24.8 Å². The molecule has 13 heteroatoms. The fourth-order valence-corrected chi connectivity index (χ4v) is 3.36. The van der Waals surface area contributed by atoms with Crippen LogP contribution < -0.4 is 15.8 Å². The van der Waals surface area contributed by atoms with Gasteiger partial charge < -0.3 is 25.7 Å². The molecule has 1 amide bonds. The number of rotatable bonds is 9. The molecule has 0 radical (unpaired) electrons. The zero-order valence-corrected chi connectivity index (χ0v) is 16.6. The minimum absolute atomic E-state index is 0. The molecular weight excluding hydrogens is 412 g/mol. The number of nitrogens with zero attached hydrogens (tertiary/aromatic N) is 3. The topological polar surface area (TPSA) is 162 Å². The highest BCUT2D eigenvalue weighted by molar-refractivity contribution is 7.89. The van der Waals surface area contributed by atoms with Crippen molar-refractivity contribution in [3.63, 3.8) is 0 Å². The summed E-state index contributed by atoms with van der Waals surface area (Å²) in [6, 6.07) is 5.82. The summed E-state index contributed by atoms with van der Waals surface area (Å²) in [5.74, 6) is -0.223. The number of nitrogens with two attached hydrogens (primary N) is 1. The van der Waals surface area contributed by atoms with E-state index >= 15 is 0 Å². The molecule has 28 heavy (non-hydrogen) atoms. The van der Waals surface area contributed by atoms with Crippen molar-refractivity contribution in [3.05, 3.63) is 46.4 Å². The Hall–Kier alpha value is -2.54. The summed E-state index contributed by atoms with van der Waals surface area (Å²) >= 11 is 0. The number of benzene rings is 1. The van der Waals surface area contributed by atoms with Gasteiger partial charge in [-0.15, -0.1) is 12.4 Å². The molecule has 0 saturated carbocycles. The van der Waals surface area contributed by atoms with Crippen molar-refractivity contribution < 1.29 is 18.1 Å². The average molecular weight is 433 g/mol. The van der Waals surface area contributed by atoms with E-state index < -0.39 is 14.9 Å². The van der Waals surface area contributed by atoms with Crippen molar-refractivity contribution in [1.29, 1.82) is 0 Å². The van der Waals surface area contributed by atoms with Crippen molar-refractivity contribution in [3.8, 4) is 0 Å². The number of halogens is 1. The number of amides is 1. The predicted molar refractivity (Wildman–Crippen MR) is 105 cm³/mol. The van der Waals surface area contributed by atoms with Gasteiger partial charge in [-0.2, -0.15) is 0 Å². The minimum atomic E-state index is -3.70. The molecule has 0 aliphatic carbocycles. The van der Waals surface area contributed by atoms with Gasteiger partial charge in [-0.3, -0.25) is 4.79 Å². The Labute approximate surface area is 167 Å². The molecule has 2 aromatic rings. The van der Waals surface area contributed by atoms with E-state index in [0.717, 1.165) is 0 Å². The monoisotopic (exact) mass is 432 g/mol. The van der Waals surface area contributed by atoms with Crippen LogP contribution in [-0.2, 0) is 21.4 Å². The molecule has 1 heterocycles. The SMILES string of the molecule is Cc1nc([N+](=O)[O-])cn1CCC(=O)Nc1cccc(S(=O)(=O)NCCN)c1.Cl. The van der Waals surface area contributed by atoms with Crippen LogP contribution in [0.5, 0.6) is 0 Å². The fourth-order valence-electron chi connectivity index (χ4n) is 2.27. The summed E-state index contributed by atoms with van der Waals surface area (Å²) in [6.45, 7) is 2.08. The number of carbonyl (C=O) groups is 1. The fraction of sp³-hybridized carbons (Fsp3) is 0.333. The minimum Gasteiger partial charge on any atom is -0.358 e. The number of nitrogens with one attached hydrogen (secondary N) is 2. The molecule has 2 rings (SSSR count). The lowest BCUT2D eigenvalue weighted by atomic mass is 10.3. The van der Waals surface area contributed by atoms with E-state index in [1.165, 1.54) is 29.0 Å². The maximum Gasteiger partial charge on any atom is 0.381 e. The molecule has 1 aromatic carbocycles. The smallest absolute Gasteiger partial charge is 0.358 e. The van der Waals surface area contributed by atoms with Gasteiger partial charge in [0.05, 0.1) is 4.90 Å². The van der Waals surface area contributed by atoms with E-state index in [-0.39, 0.29) is 55.1 Å². The standard InChI is InChI=1S/C15H20N6O5S.ClH/c1-11-18-14(21(23)24)10-20(11)8-5-15(22)19-12-3-2-4-13(9-12)27(25,26)17-7-6-16;/h2-4,9-10,17H,5-8,16H2,1H3,(H,19,22);1H. The van der Waals surface area contributed by atoms with Crippen LogP contribution in [0, 0.1) is 17.0 Å². The number of sulfonamides is 1. The number of aromatic nitrogens is 2. The van der Waals surface area contributed by atoms with Gasteiger partial charge in [0.15, 0.2) is 0 Å². The Morgan fingerprint density at radius 1 is 1.39 bits per heavy atom. The Morgan fingerprint density at radius 3 is 2.71 bits per heavy atom. The van der Waals surface area contributed by atoms with Crippen LogP contribution in [0.25, 0.3) is 0 Å². The molecule has 11 nitrogen and oxygen atoms in total. The number of aryl methyl sites for hydroxylation is 2. The lowest BCUT2D eigenvalue weighted by Crippen LogP contribution is -2.29. The molecule has 154 valence electrons. The number of anilines is 1. The van der Waals surface area contributed by atoms with Crippen LogP contribution >= 0.6 is 12.4 Å². The first-order valence-electron chi connectivity index (χ1n) is 8.01. The Kier molecular flexibility index (Phi) is 8.50. The molecule has 0 atom stereocenters. The van der Waals surface area contributed by atoms with Gasteiger partial charge in [-0.25, -0.2) is 13.1 Å². The maximum absolute atomic E-state index is 12.1. The third-order valence-electron chi connectivity index (χ3n) is 3.59. The first-order chi connectivity index (χ1) is 12.7. The maximum atomic E-state index is 12.1. The highest BCUT2D eigenvalue weighted by Crippen LogP contribution is 2.16. The molecule has 0 aliphatic heterocycles. The van der Waals surface area contributed by atoms with Crippen LogP contribution in [-0.4, -0.2) is 41.9 Å². The van der Waals surface area contributed by atoms with Crippen LogP contribution in [0.3, 0.4) is 0 Å². The van der Waals surface area contributed by atoms with E-state index in [1.807, 2.05) is 0 Å². The molecular formula is C15H21ClN6O5S. The second-order valence-electron chi connectivity index (χ2n) is 5.61. The van der Waals surface area contributed by atoms with Crippen molar-refractivity contribution in [1.82, 2.24) is 14.3 Å². The van der Waals surface area contributed by atoms with E-state index in [9.17, 15) is 23.3 Å². The quantitative estimate of drug-likeness (QED) is 0.389. The van der Waals surface area contributed by atoms with Crippen LogP contribution in [0.15, 0.2) is 35.4 Å². The summed E-state index contributed by atoms with van der Waals surface area (Å²) < 4.78 is 28.0. The van der Waals surface area contributed by atoms with E-state index in [4.69, 9.17) is 5.73 Å². The third kappa shape index (κ3) is 6.27. The summed E-state index contributed by atoms with van der Waals surface area (Å²) in [4.78, 5) is 26.0. The van der Waals surface area contributed by atoms with Crippen molar-refractivity contribution in [2.75, 3.05) is 18.4 Å². The second kappa shape index (κ2) is 10.1. The Balaban J connectivity index is 0.00000392. The molecule has 0 saturated heterocycles. The van der Waals surface area contributed by atoms with E-state index in [2.05, 4.69) is 15.0 Å². The number of hydrogen-bond acceptors (Lipinski definition) is 7. The first kappa shape index (κ1) is 23.5. The zero-order valence-electron chi connectivity index (χ0n) is 15.0. The van der Waals surface area contributed by atoms with Gasteiger partial charge >= 0.3 is 5.82 Å². The van der Waals surface area contributed by atoms with Crippen LogP contribution in [0.2, 0.25) is 0 Å². The number of nitro groups is 1. The molecule has 1 aromatic heterocycles. The van der Waals surface area contributed by atoms with Crippen molar-refractivity contribution in [2.24, 2.45) is 5.73 Å². The van der Waals surface area contributed by atoms with Gasteiger partial charge in [0, 0.05) is 38.7 Å². The zero-order chi connectivity index (χ0) is 20.0. The van der Waals surface area contributed by atoms with Crippen molar-refractivity contribution >= 4 is 39.8 Å². The highest BCUT2D eigenvalue weighted by atomic mass is 35.5. The summed E-state index contributed by atoms with van der Waals surface area (Å²) in [5.41, 5.74) is 5.61. The summed E-state index contributed by atoms with van der Waals surface area (Å²) in [7, 11) is -3.70. The van der Waals surface area contributed by atoms with E-state index in [1.54, 1.807) is 13.0 Å². The molecule has 0 bridgehead atoms. The predicted octanol–water partition coefficient (Wildman–Crippen LogP) is 0.787. The lowest BCUT2D eigenvalue weighted by molar-refractivity contribution is -0.389. The lowest BCUT2D eigenvalue weighted by Gasteiger charge is -2.09. The molecule has 0 aliphatic rings. The Bertz CT molecular complexity index is 946. The summed E-state index contributed by atoms with van der Waals surface area (Å²) in [5, 5.41) is 13.3.